The van der Waals surface area contributed by atoms with Crippen LogP contribution in [0.1, 0.15) is 39.2 Å². The second-order valence-corrected chi connectivity index (χ2v) is 7.79. The van der Waals surface area contributed by atoms with Crippen LogP contribution in [0.5, 0.6) is 0 Å². The minimum Gasteiger partial charge on any atom is -0.355 e. The van der Waals surface area contributed by atoms with E-state index in [2.05, 4.69) is 10.6 Å². The van der Waals surface area contributed by atoms with Crippen molar-refractivity contribution in [3.8, 4) is 0 Å². The van der Waals surface area contributed by atoms with Crippen molar-refractivity contribution in [2.45, 2.75) is 51.5 Å². The van der Waals surface area contributed by atoms with Crippen LogP contribution in [-0.4, -0.2) is 50.9 Å². The zero-order valence-electron chi connectivity index (χ0n) is 15.7. The maximum Gasteiger partial charge on any atom is 0.243 e. The van der Waals surface area contributed by atoms with Gasteiger partial charge in [-0.15, -0.1) is 0 Å². The van der Waals surface area contributed by atoms with Crippen molar-refractivity contribution in [3.05, 3.63) is 29.8 Å². The number of aryl methyl sites for hydroxylation is 1. The summed E-state index contributed by atoms with van der Waals surface area (Å²) in [6.45, 7) is 9.55. The fourth-order valence-corrected chi connectivity index (χ4v) is 4.64. The zero-order chi connectivity index (χ0) is 18.9. The number of carbonyl (C=O) groups is 1. The Morgan fingerprint density at radius 3 is 2.48 bits per heavy atom. The van der Waals surface area contributed by atoms with E-state index in [1.807, 2.05) is 26.8 Å². The van der Waals surface area contributed by atoms with E-state index < -0.39 is 10.0 Å². The number of hydrogen-bond acceptors (Lipinski definition) is 4. The molecule has 6 nitrogen and oxygen atoms in total. The van der Waals surface area contributed by atoms with Crippen LogP contribution in [0.25, 0.3) is 0 Å². The minimum atomic E-state index is -3.57. The summed E-state index contributed by atoms with van der Waals surface area (Å²) in [7, 11) is -3.57. The van der Waals surface area contributed by atoms with Gasteiger partial charge in [-0.3, -0.25) is 4.79 Å². The molecule has 1 aromatic rings. The number of sulfonamides is 1. The van der Waals surface area contributed by atoms with E-state index in [1.165, 1.54) is 6.92 Å². The Hall–Kier alpha value is -1.44. The van der Waals surface area contributed by atoms with Crippen molar-refractivity contribution in [1.29, 1.82) is 0 Å². The average molecular weight is 370 g/mol. The highest BCUT2D eigenvalue weighted by Crippen LogP contribution is 2.22. The lowest BCUT2D eigenvalue weighted by Crippen LogP contribution is -2.48. The first-order valence-electron chi connectivity index (χ1n) is 8.95. The Labute approximate surface area is 152 Å². The number of rotatable bonds is 6. The third-order valence-electron chi connectivity index (χ3n) is 4.02. The molecule has 0 saturated carbocycles. The van der Waals surface area contributed by atoms with Crippen LogP contribution in [0.3, 0.4) is 0 Å². The van der Waals surface area contributed by atoms with Gasteiger partial charge < -0.3 is 10.6 Å². The Morgan fingerprint density at radius 1 is 1.28 bits per heavy atom. The smallest absolute Gasteiger partial charge is 0.243 e. The number of carbonyl (C=O) groups excluding carboxylic acids is 1. The maximum atomic E-state index is 13.1. The SMILES string of the molecule is CC.CC(=O)NCCN(C1CCNCC1)S(=O)(=O)c1cccc(C)c1. The zero-order valence-corrected chi connectivity index (χ0v) is 16.5. The van der Waals surface area contributed by atoms with E-state index in [0.29, 0.717) is 18.0 Å². The quantitative estimate of drug-likeness (QED) is 0.803. The summed E-state index contributed by atoms with van der Waals surface area (Å²) < 4.78 is 27.7. The molecule has 0 bridgehead atoms. The minimum absolute atomic E-state index is 0.0319. The van der Waals surface area contributed by atoms with Crippen LogP contribution in [0, 0.1) is 6.92 Å². The number of amides is 1. The molecular weight excluding hydrogens is 338 g/mol. The van der Waals surface area contributed by atoms with Crippen molar-refractivity contribution >= 4 is 15.9 Å². The first-order valence-corrected chi connectivity index (χ1v) is 10.4. The van der Waals surface area contributed by atoms with Crippen LogP contribution in [0.4, 0.5) is 0 Å². The highest BCUT2D eigenvalue weighted by molar-refractivity contribution is 7.89. The van der Waals surface area contributed by atoms with Crippen LogP contribution < -0.4 is 10.6 Å². The molecule has 25 heavy (non-hydrogen) atoms. The van der Waals surface area contributed by atoms with Gasteiger partial charge in [0.25, 0.3) is 0 Å². The molecule has 0 aliphatic carbocycles. The summed E-state index contributed by atoms with van der Waals surface area (Å²) in [6, 6.07) is 6.94. The molecule has 7 heteroatoms. The standard InChI is InChI=1S/C16H25N3O3S.C2H6/c1-13-4-3-5-16(12-13)23(21,22)19(11-10-18-14(2)20)15-6-8-17-9-7-15;1-2/h3-5,12,15,17H,6-11H2,1-2H3,(H,18,20);1-2H3. The molecule has 1 aliphatic rings. The van der Waals surface area contributed by atoms with E-state index >= 15 is 0 Å². The van der Waals surface area contributed by atoms with Gasteiger partial charge in [0.15, 0.2) is 0 Å². The summed E-state index contributed by atoms with van der Waals surface area (Å²) in [5.74, 6) is -0.150. The van der Waals surface area contributed by atoms with Gasteiger partial charge in [-0.25, -0.2) is 8.42 Å². The molecule has 1 aromatic carbocycles. The summed E-state index contributed by atoms with van der Waals surface area (Å²) >= 11 is 0. The van der Waals surface area contributed by atoms with Crippen LogP contribution in [0.2, 0.25) is 0 Å². The van der Waals surface area contributed by atoms with Gasteiger partial charge in [0.1, 0.15) is 0 Å². The van der Waals surface area contributed by atoms with Crippen LogP contribution >= 0.6 is 0 Å². The maximum absolute atomic E-state index is 13.1. The largest absolute Gasteiger partial charge is 0.355 e. The summed E-state index contributed by atoms with van der Waals surface area (Å²) in [4.78, 5) is 11.4. The first kappa shape index (κ1) is 21.6. The predicted molar refractivity (Wildman–Crippen MR) is 101 cm³/mol. The lowest BCUT2D eigenvalue weighted by atomic mass is 10.1. The van der Waals surface area contributed by atoms with Crippen molar-refractivity contribution in [2.24, 2.45) is 0 Å². The fraction of sp³-hybridized carbons (Fsp3) is 0.611. The summed E-state index contributed by atoms with van der Waals surface area (Å²) in [5, 5.41) is 5.94. The molecule has 1 saturated heterocycles. The van der Waals surface area contributed by atoms with E-state index in [4.69, 9.17) is 0 Å². The second kappa shape index (κ2) is 10.5. The predicted octanol–water partition coefficient (Wildman–Crippen LogP) is 1.90. The van der Waals surface area contributed by atoms with E-state index in [1.54, 1.807) is 22.5 Å². The number of nitrogens with zero attached hydrogens (tertiary/aromatic N) is 1. The monoisotopic (exact) mass is 369 g/mol. The molecular formula is C18H31N3O3S. The molecule has 142 valence electrons. The Bertz CT molecular complexity index is 641. The molecule has 1 heterocycles. The molecule has 2 rings (SSSR count). The van der Waals surface area contributed by atoms with E-state index in [9.17, 15) is 13.2 Å². The van der Waals surface area contributed by atoms with Crippen molar-refractivity contribution in [1.82, 2.24) is 14.9 Å². The number of benzene rings is 1. The van der Waals surface area contributed by atoms with Crippen LogP contribution in [-0.2, 0) is 14.8 Å². The summed E-state index contributed by atoms with van der Waals surface area (Å²) in [6.07, 6.45) is 1.57. The summed E-state index contributed by atoms with van der Waals surface area (Å²) in [5.41, 5.74) is 0.915. The number of nitrogens with one attached hydrogen (secondary N) is 2. The Morgan fingerprint density at radius 2 is 1.92 bits per heavy atom. The van der Waals surface area contributed by atoms with Crippen molar-refractivity contribution < 1.29 is 13.2 Å². The van der Waals surface area contributed by atoms with E-state index in [0.717, 1.165) is 31.5 Å². The topological polar surface area (TPSA) is 78.5 Å². The third kappa shape index (κ3) is 6.41. The van der Waals surface area contributed by atoms with Gasteiger partial charge in [0, 0.05) is 26.1 Å². The van der Waals surface area contributed by atoms with Gasteiger partial charge in [-0.2, -0.15) is 4.31 Å². The Kier molecular flexibility index (Phi) is 9.10. The van der Waals surface area contributed by atoms with Crippen molar-refractivity contribution in [2.75, 3.05) is 26.2 Å². The number of piperidine rings is 1. The molecule has 0 aromatic heterocycles. The fourth-order valence-electron chi connectivity index (χ4n) is 2.85. The van der Waals surface area contributed by atoms with Crippen LogP contribution in [0.15, 0.2) is 29.2 Å². The lowest BCUT2D eigenvalue weighted by Gasteiger charge is -2.33. The molecule has 1 fully saturated rings. The van der Waals surface area contributed by atoms with Gasteiger partial charge in [0.05, 0.1) is 4.90 Å². The van der Waals surface area contributed by atoms with Gasteiger partial charge in [-0.05, 0) is 50.6 Å². The molecule has 0 atom stereocenters. The first-order chi connectivity index (χ1) is 11.9. The van der Waals surface area contributed by atoms with Gasteiger partial charge in [-0.1, -0.05) is 26.0 Å². The molecule has 0 unspecified atom stereocenters. The molecule has 2 N–H and O–H groups in total. The molecule has 0 spiro atoms. The third-order valence-corrected chi connectivity index (χ3v) is 5.97. The molecule has 1 aliphatic heterocycles. The Balaban J connectivity index is 0.00000151. The highest BCUT2D eigenvalue weighted by atomic mass is 32.2. The van der Waals surface area contributed by atoms with Gasteiger partial charge >= 0.3 is 0 Å². The number of hydrogen-bond donors (Lipinski definition) is 2. The lowest BCUT2D eigenvalue weighted by molar-refractivity contribution is -0.119. The van der Waals surface area contributed by atoms with Crippen molar-refractivity contribution in [3.63, 3.8) is 0 Å². The van der Waals surface area contributed by atoms with Gasteiger partial charge in [0.2, 0.25) is 15.9 Å². The normalized spacial score (nSPS) is 15.4. The molecule has 1 amide bonds. The van der Waals surface area contributed by atoms with E-state index in [-0.39, 0.29) is 11.9 Å². The second-order valence-electron chi connectivity index (χ2n) is 5.90. The molecule has 0 radical (unpaired) electrons. The average Bonchev–Trinajstić information content (AvgIpc) is 2.61. The highest BCUT2D eigenvalue weighted by Gasteiger charge is 2.32.